The molecule has 1 atom stereocenters. The van der Waals surface area contributed by atoms with Crippen LogP contribution in [0.4, 0.5) is 17.6 Å². The van der Waals surface area contributed by atoms with Crippen LogP contribution in [0, 0.1) is 0 Å². The second-order valence-electron chi connectivity index (χ2n) is 5.09. The standard InChI is InChI=1S/C13H15F4NO3S/c1-13(2,3)22(19)18-7-8-4-9(20-11(14)15)6-10(5-8)21-12(16)17/h4-7,11-12H,1-3H3/b18-7+. The summed E-state index contributed by atoms with van der Waals surface area (Å²) in [6.45, 7) is -1.14. The van der Waals surface area contributed by atoms with Gasteiger partial charge in [-0.1, -0.05) is 4.40 Å². The molecular weight excluding hydrogens is 326 g/mol. The normalized spacial score (nSPS) is 13.9. The molecule has 1 aromatic carbocycles. The van der Waals surface area contributed by atoms with Crippen molar-refractivity contribution in [3.8, 4) is 11.5 Å². The van der Waals surface area contributed by atoms with Gasteiger partial charge in [-0.3, -0.25) is 0 Å². The van der Waals surface area contributed by atoms with Crippen LogP contribution >= 0.6 is 0 Å². The Morgan fingerprint density at radius 3 is 1.86 bits per heavy atom. The zero-order chi connectivity index (χ0) is 16.9. The highest BCUT2D eigenvalue weighted by Gasteiger charge is 2.25. The number of hydrogen-bond acceptors (Lipinski definition) is 4. The first-order chi connectivity index (χ1) is 10.1. The summed E-state index contributed by atoms with van der Waals surface area (Å²) in [4.78, 5) is 0. The van der Waals surface area contributed by atoms with Crippen LogP contribution in [-0.4, -0.2) is 28.7 Å². The fourth-order valence-corrected chi connectivity index (χ4v) is 1.81. The average Bonchev–Trinajstić information content (AvgIpc) is 2.32. The van der Waals surface area contributed by atoms with E-state index in [0.717, 1.165) is 24.4 Å². The molecule has 0 fully saturated rings. The monoisotopic (exact) mass is 341 g/mol. The number of halogens is 4. The van der Waals surface area contributed by atoms with Gasteiger partial charge in [0, 0.05) is 11.6 Å². The van der Waals surface area contributed by atoms with E-state index in [9.17, 15) is 22.1 Å². The maximum absolute atomic E-state index is 12.2. The average molecular weight is 341 g/mol. The van der Waals surface area contributed by atoms with Gasteiger partial charge in [-0.2, -0.15) is 17.6 Å². The van der Waals surface area contributed by atoms with E-state index in [-0.39, 0.29) is 17.1 Å². The lowest BCUT2D eigenvalue weighted by atomic mass is 10.2. The molecule has 9 heteroatoms. The topological polar surface area (TPSA) is 53.9 Å². The van der Waals surface area contributed by atoms with Crippen LogP contribution in [-0.2, 0) is 11.4 Å². The fraction of sp³-hybridized carbons (Fsp3) is 0.462. The van der Waals surface area contributed by atoms with Crippen molar-refractivity contribution in [1.29, 1.82) is 0 Å². The molecule has 1 rings (SSSR count). The molecule has 0 spiro atoms. The van der Waals surface area contributed by atoms with E-state index in [1.54, 1.807) is 20.8 Å². The third-order valence-corrected chi connectivity index (χ3v) is 3.52. The highest BCUT2D eigenvalue weighted by atomic mass is 32.2. The summed E-state index contributed by atoms with van der Waals surface area (Å²) in [5.41, 5.74) is 0.145. The van der Waals surface area contributed by atoms with Crippen molar-refractivity contribution >= 4 is 17.6 Å². The molecule has 0 aliphatic rings. The van der Waals surface area contributed by atoms with Crippen molar-refractivity contribution in [2.75, 3.05) is 0 Å². The first-order valence-corrected chi connectivity index (χ1v) is 7.19. The van der Waals surface area contributed by atoms with E-state index in [1.165, 1.54) is 0 Å². The van der Waals surface area contributed by atoms with E-state index in [2.05, 4.69) is 13.9 Å². The number of nitrogens with zero attached hydrogens (tertiary/aromatic N) is 1. The Morgan fingerprint density at radius 1 is 1.05 bits per heavy atom. The minimum absolute atomic E-state index is 0.145. The van der Waals surface area contributed by atoms with Crippen LogP contribution in [0.3, 0.4) is 0 Å². The minimum Gasteiger partial charge on any atom is -0.591 e. The van der Waals surface area contributed by atoms with Crippen LogP contribution in [0.2, 0.25) is 0 Å². The maximum atomic E-state index is 12.2. The van der Waals surface area contributed by atoms with E-state index in [4.69, 9.17) is 0 Å². The van der Waals surface area contributed by atoms with Gasteiger partial charge in [-0.05, 0) is 32.9 Å². The predicted molar refractivity (Wildman–Crippen MR) is 75.2 cm³/mol. The van der Waals surface area contributed by atoms with E-state index in [0.29, 0.717) is 0 Å². The van der Waals surface area contributed by atoms with Crippen molar-refractivity contribution in [1.82, 2.24) is 0 Å². The molecule has 0 radical (unpaired) electrons. The van der Waals surface area contributed by atoms with E-state index < -0.39 is 29.3 Å². The molecule has 4 nitrogen and oxygen atoms in total. The van der Waals surface area contributed by atoms with Crippen molar-refractivity contribution in [3.63, 3.8) is 0 Å². The zero-order valence-corrected chi connectivity index (χ0v) is 12.9. The quantitative estimate of drug-likeness (QED) is 0.450. The highest BCUT2D eigenvalue weighted by Crippen LogP contribution is 2.25. The molecule has 1 aromatic rings. The summed E-state index contributed by atoms with van der Waals surface area (Å²) >= 11 is -1.58. The van der Waals surface area contributed by atoms with Gasteiger partial charge in [0.25, 0.3) is 0 Å². The van der Waals surface area contributed by atoms with E-state index >= 15 is 0 Å². The van der Waals surface area contributed by atoms with Gasteiger partial charge in [0.1, 0.15) is 27.6 Å². The molecule has 1 unspecified atom stereocenters. The highest BCUT2D eigenvalue weighted by molar-refractivity contribution is 7.91. The van der Waals surface area contributed by atoms with Crippen LogP contribution in [0.5, 0.6) is 11.5 Å². The second-order valence-corrected chi connectivity index (χ2v) is 7.02. The fourth-order valence-electron chi connectivity index (χ4n) is 1.28. The summed E-state index contributed by atoms with van der Waals surface area (Å²) in [5, 5.41) is 0. The van der Waals surface area contributed by atoms with Crippen molar-refractivity contribution < 1.29 is 31.6 Å². The van der Waals surface area contributed by atoms with Crippen molar-refractivity contribution in [2.24, 2.45) is 4.40 Å². The molecule has 0 aliphatic carbocycles. The smallest absolute Gasteiger partial charge is 0.387 e. The molecule has 0 N–H and O–H groups in total. The SMILES string of the molecule is CC(C)(C)[S+]([O-])/N=C/c1cc(OC(F)F)cc(OC(F)F)c1. The van der Waals surface area contributed by atoms with Crippen LogP contribution < -0.4 is 9.47 Å². The van der Waals surface area contributed by atoms with E-state index in [1.807, 2.05) is 0 Å². The van der Waals surface area contributed by atoms with Gasteiger partial charge in [0.05, 0.1) is 6.21 Å². The largest absolute Gasteiger partial charge is 0.591 e. The molecule has 0 bridgehead atoms. The number of hydrogen-bond donors (Lipinski definition) is 0. The molecule has 0 heterocycles. The maximum Gasteiger partial charge on any atom is 0.387 e. The van der Waals surface area contributed by atoms with Crippen molar-refractivity contribution in [2.45, 2.75) is 38.7 Å². The first-order valence-electron chi connectivity index (χ1n) is 6.08. The molecular formula is C13H15F4NO3S. The summed E-state index contributed by atoms with van der Waals surface area (Å²) in [7, 11) is 0. The Balaban J connectivity index is 3.04. The molecule has 0 saturated heterocycles. The van der Waals surface area contributed by atoms with Gasteiger partial charge < -0.3 is 14.0 Å². The lowest BCUT2D eigenvalue weighted by molar-refractivity contribution is -0.0542. The lowest BCUT2D eigenvalue weighted by Gasteiger charge is -2.17. The first kappa shape index (κ1) is 18.6. The molecule has 22 heavy (non-hydrogen) atoms. The van der Waals surface area contributed by atoms with Crippen LogP contribution in [0.25, 0.3) is 0 Å². The van der Waals surface area contributed by atoms with Gasteiger partial charge in [-0.15, -0.1) is 0 Å². The van der Waals surface area contributed by atoms with Crippen LogP contribution in [0.15, 0.2) is 22.6 Å². The summed E-state index contributed by atoms with van der Waals surface area (Å²) in [5.74, 6) is -0.729. The van der Waals surface area contributed by atoms with Gasteiger partial charge >= 0.3 is 13.2 Å². The van der Waals surface area contributed by atoms with Gasteiger partial charge in [0.15, 0.2) is 0 Å². The Hall–Kier alpha value is -1.48. The number of rotatable bonds is 6. The Kier molecular flexibility index (Phi) is 6.48. The molecule has 124 valence electrons. The Morgan fingerprint density at radius 2 is 1.50 bits per heavy atom. The summed E-state index contributed by atoms with van der Waals surface area (Å²) in [6, 6.07) is 3.19. The summed E-state index contributed by atoms with van der Waals surface area (Å²) in [6.07, 6.45) is 1.12. The third-order valence-electron chi connectivity index (χ3n) is 2.17. The Bertz CT molecular complexity index is 492. The van der Waals surface area contributed by atoms with Gasteiger partial charge in [-0.25, -0.2) is 0 Å². The Labute approximate surface area is 128 Å². The number of benzene rings is 1. The molecule has 0 aliphatic heterocycles. The predicted octanol–water partition coefficient (Wildman–Crippen LogP) is 3.77. The molecule has 0 amide bonds. The number of alkyl halides is 4. The number of ether oxygens (including phenoxy) is 2. The molecule has 0 aromatic heterocycles. The zero-order valence-electron chi connectivity index (χ0n) is 12.1. The summed E-state index contributed by atoms with van der Waals surface area (Å²) < 4.78 is 72.1. The minimum atomic E-state index is -3.12. The third kappa shape index (κ3) is 6.52. The molecule has 0 saturated carbocycles. The second kappa shape index (κ2) is 7.68. The van der Waals surface area contributed by atoms with Crippen LogP contribution in [0.1, 0.15) is 26.3 Å². The van der Waals surface area contributed by atoms with Crippen molar-refractivity contribution in [3.05, 3.63) is 23.8 Å². The van der Waals surface area contributed by atoms with Gasteiger partial charge in [0.2, 0.25) is 0 Å². The lowest BCUT2D eigenvalue weighted by Crippen LogP contribution is -2.25.